The number of aliphatic imine (C=N–C) groups is 1. The van der Waals surface area contributed by atoms with Crippen LogP contribution in [0.15, 0.2) is 29.3 Å². The van der Waals surface area contributed by atoms with Crippen molar-refractivity contribution in [3.63, 3.8) is 0 Å². The van der Waals surface area contributed by atoms with Gasteiger partial charge in [-0.25, -0.2) is 0 Å². The highest BCUT2D eigenvalue weighted by Gasteiger charge is 2.26. The SMILES string of the molecule is CCN(C)Cc1cccc(CNC(=NC)NCCC(F)(F)F)c1.I. The molecule has 1 rings (SSSR count). The molecule has 0 atom stereocenters. The van der Waals surface area contributed by atoms with Gasteiger partial charge in [-0.1, -0.05) is 31.2 Å². The van der Waals surface area contributed by atoms with Crippen molar-refractivity contribution >= 4 is 29.9 Å². The molecule has 0 bridgehead atoms. The first-order chi connectivity index (χ1) is 10.8. The van der Waals surface area contributed by atoms with Crippen LogP contribution in [0.3, 0.4) is 0 Å². The lowest BCUT2D eigenvalue weighted by molar-refractivity contribution is -0.132. The second kappa shape index (κ2) is 11.5. The van der Waals surface area contributed by atoms with Gasteiger partial charge in [0.25, 0.3) is 0 Å². The second-order valence-electron chi connectivity index (χ2n) is 5.37. The molecular weight excluding hydrogens is 432 g/mol. The molecule has 0 unspecified atom stereocenters. The number of benzene rings is 1. The quantitative estimate of drug-likeness (QED) is 0.374. The number of hydrogen-bond acceptors (Lipinski definition) is 2. The number of hydrogen-bond donors (Lipinski definition) is 2. The minimum atomic E-state index is -4.16. The van der Waals surface area contributed by atoms with E-state index in [-0.39, 0.29) is 30.5 Å². The molecule has 2 N–H and O–H groups in total. The first kappa shape index (κ1) is 23.0. The molecule has 1 aromatic rings. The van der Waals surface area contributed by atoms with Crippen LogP contribution in [0.25, 0.3) is 0 Å². The van der Waals surface area contributed by atoms with Crippen LogP contribution >= 0.6 is 24.0 Å². The molecular formula is C16H26F3IN4. The number of rotatable bonds is 7. The average Bonchev–Trinajstić information content (AvgIpc) is 2.49. The van der Waals surface area contributed by atoms with E-state index in [9.17, 15) is 13.2 Å². The van der Waals surface area contributed by atoms with Crippen molar-refractivity contribution in [3.05, 3.63) is 35.4 Å². The van der Waals surface area contributed by atoms with Crippen LogP contribution in [0.5, 0.6) is 0 Å². The zero-order chi connectivity index (χ0) is 17.3. The van der Waals surface area contributed by atoms with E-state index in [0.29, 0.717) is 12.5 Å². The number of alkyl halides is 3. The zero-order valence-corrected chi connectivity index (χ0v) is 16.6. The average molecular weight is 458 g/mol. The third kappa shape index (κ3) is 9.96. The van der Waals surface area contributed by atoms with Gasteiger partial charge in [-0.15, -0.1) is 24.0 Å². The summed E-state index contributed by atoms with van der Waals surface area (Å²) in [7, 11) is 3.59. The summed E-state index contributed by atoms with van der Waals surface area (Å²) in [4.78, 5) is 6.12. The molecule has 0 saturated carbocycles. The van der Waals surface area contributed by atoms with Crippen LogP contribution in [-0.2, 0) is 13.1 Å². The van der Waals surface area contributed by atoms with E-state index in [1.165, 1.54) is 12.6 Å². The normalized spacial score (nSPS) is 12.0. The molecule has 0 spiro atoms. The molecule has 0 radical (unpaired) electrons. The van der Waals surface area contributed by atoms with E-state index in [1.54, 1.807) is 0 Å². The maximum Gasteiger partial charge on any atom is 0.390 e. The first-order valence-corrected chi connectivity index (χ1v) is 7.61. The molecule has 0 saturated heterocycles. The Balaban J connectivity index is 0.00000529. The Morgan fingerprint density at radius 2 is 1.88 bits per heavy atom. The molecule has 0 fully saturated rings. The molecule has 4 nitrogen and oxygen atoms in total. The van der Waals surface area contributed by atoms with Crippen molar-refractivity contribution in [2.24, 2.45) is 4.99 Å². The summed E-state index contributed by atoms with van der Waals surface area (Å²) in [5.41, 5.74) is 2.26. The van der Waals surface area contributed by atoms with Crippen molar-refractivity contribution in [3.8, 4) is 0 Å². The molecule has 8 heteroatoms. The minimum absolute atomic E-state index is 0. The number of nitrogens with one attached hydrogen (secondary N) is 2. The van der Waals surface area contributed by atoms with E-state index in [1.807, 2.05) is 12.1 Å². The third-order valence-electron chi connectivity index (χ3n) is 3.37. The molecule has 0 aliphatic carbocycles. The predicted molar refractivity (Wildman–Crippen MR) is 103 cm³/mol. The van der Waals surface area contributed by atoms with Crippen molar-refractivity contribution in [1.29, 1.82) is 0 Å². The van der Waals surface area contributed by atoms with Gasteiger partial charge in [0.2, 0.25) is 0 Å². The fraction of sp³-hybridized carbons (Fsp3) is 0.562. The van der Waals surface area contributed by atoms with E-state index >= 15 is 0 Å². The highest BCUT2D eigenvalue weighted by molar-refractivity contribution is 14.0. The zero-order valence-electron chi connectivity index (χ0n) is 14.3. The summed E-state index contributed by atoms with van der Waals surface area (Å²) in [6.45, 7) is 4.25. The van der Waals surface area contributed by atoms with Crippen molar-refractivity contribution in [1.82, 2.24) is 15.5 Å². The topological polar surface area (TPSA) is 39.7 Å². The molecule has 24 heavy (non-hydrogen) atoms. The largest absolute Gasteiger partial charge is 0.390 e. The lowest BCUT2D eigenvalue weighted by Crippen LogP contribution is -2.38. The fourth-order valence-electron chi connectivity index (χ4n) is 1.99. The summed E-state index contributed by atoms with van der Waals surface area (Å²) in [6, 6.07) is 8.11. The summed E-state index contributed by atoms with van der Waals surface area (Å²) in [5, 5.41) is 5.69. The highest BCUT2D eigenvalue weighted by atomic mass is 127. The smallest absolute Gasteiger partial charge is 0.356 e. The van der Waals surface area contributed by atoms with Gasteiger partial charge in [-0.2, -0.15) is 13.2 Å². The summed E-state index contributed by atoms with van der Waals surface area (Å²) >= 11 is 0. The number of halogens is 4. The number of guanidine groups is 1. The van der Waals surface area contributed by atoms with Gasteiger partial charge in [0.1, 0.15) is 0 Å². The van der Waals surface area contributed by atoms with Gasteiger partial charge < -0.3 is 15.5 Å². The van der Waals surface area contributed by atoms with Gasteiger partial charge in [0.15, 0.2) is 5.96 Å². The summed E-state index contributed by atoms with van der Waals surface area (Å²) in [6.07, 6.45) is -5.04. The third-order valence-corrected chi connectivity index (χ3v) is 3.37. The van der Waals surface area contributed by atoms with Crippen LogP contribution in [0.1, 0.15) is 24.5 Å². The Kier molecular flexibility index (Phi) is 11.0. The van der Waals surface area contributed by atoms with E-state index in [0.717, 1.165) is 18.7 Å². The Morgan fingerprint density at radius 3 is 2.46 bits per heavy atom. The highest BCUT2D eigenvalue weighted by Crippen LogP contribution is 2.18. The van der Waals surface area contributed by atoms with Crippen molar-refractivity contribution < 1.29 is 13.2 Å². The monoisotopic (exact) mass is 458 g/mol. The van der Waals surface area contributed by atoms with Crippen LogP contribution in [0, 0.1) is 0 Å². The second-order valence-corrected chi connectivity index (χ2v) is 5.37. The maximum absolute atomic E-state index is 12.1. The van der Waals surface area contributed by atoms with Gasteiger partial charge in [0, 0.05) is 26.7 Å². The number of nitrogens with zero attached hydrogens (tertiary/aromatic N) is 2. The Morgan fingerprint density at radius 1 is 1.21 bits per heavy atom. The van der Waals surface area contributed by atoms with Crippen molar-refractivity contribution in [2.45, 2.75) is 32.6 Å². The molecule has 0 aromatic heterocycles. The molecule has 0 heterocycles. The fourth-order valence-corrected chi connectivity index (χ4v) is 1.99. The molecule has 0 aliphatic rings. The van der Waals surface area contributed by atoms with Crippen molar-refractivity contribution in [2.75, 3.05) is 27.2 Å². The molecule has 138 valence electrons. The predicted octanol–water partition coefficient (Wildman–Crippen LogP) is 3.37. The molecule has 0 aliphatic heterocycles. The minimum Gasteiger partial charge on any atom is -0.356 e. The first-order valence-electron chi connectivity index (χ1n) is 7.61. The van der Waals surface area contributed by atoms with Crippen LogP contribution in [0.2, 0.25) is 0 Å². The summed E-state index contributed by atoms with van der Waals surface area (Å²) < 4.78 is 36.4. The van der Waals surface area contributed by atoms with Gasteiger partial charge >= 0.3 is 6.18 Å². The van der Waals surface area contributed by atoms with Gasteiger partial charge in [0.05, 0.1) is 6.42 Å². The lowest BCUT2D eigenvalue weighted by Gasteiger charge is -2.15. The Bertz CT molecular complexity index is 506. The summed E-state index contributed by atoms with van der Waals surface area (Å²) in [5.74, 6) is 0.366. The lowest BCUT2D eigenvalue weighted by atomic mass is 10.1. The van der Waals surface area contributed by atoms with Crippen LogP contribution < -0.4 is 10.6 Å². The Labute approximate surface area is 158 Å². The van der Waals surface area contributed by atoms with Crippen LogP contribution in [-0.4, -0.2) is 44.2 Å². The van der Waals surface area contributed by atoms with E-state index in [2.05, 4.69) is 46.6 Å². The molecule has 1 aromatic carbocycles. The molecule has 0 amide bonds. The maximum atomic E-state index is 12.1. The standard InChI is InChI=1S/C16H25F3N4.HI/c1-4-23(3)12-14-7-5-6-13(10-14)11-22-15(20-2)21-9-8-16(17,18)19;/h5-7,10H,4,8-9,11-12H2,1-3H3,(H2,20,21,22);1H. The Hall–Kier alpha value is -1.03. The van der Waals surface area contributed by atoms with E-state index < -0.39 is 12.6 Å². The van der Waals surface area contributed by atoms with E-state index in [4.69, 9.17) is 0 Å². The van der Waals surface area contributed by atoms with Gasteiger partial charge in [-0.05, 0) is 24.7 Å². The van der Waals surface area contributed by atoms with Crippen LogP contribution in [0.4, 0.5) is 13.2 Å². The van der Waals surface area contributed by atoms with Gasteiger partial charge in [-0.3, -0.25) is 4.99 Å².